The summed E-state index contributed by atoms with van der Waals surface area (Å²) in [5, 5.41) is 10.4. The van der Waals surface area contributed by atoms with Gasteiger partial charge >= 0.3 is 5.97 Å². The molecule has 1 aromatic carbocycles. The van der Waals surface area contributed by atoms with Gasteiger partial charge in [0, 0.05) is 12.1 Å². The summed E-state index contributed by atoms with van der Waals surface area (Å²) in [7, 11) is 0. The number of aliphatic carboxylic acids is 1. The van der Waals surface area contributed by atoms with Gasteiger partial charge in [0.05, 0.1) is 29.2 Å². The molecule has 116 valence electrons. The van der Waals surface area contributed by atoms with Crippen LogP contribution in [0.5, 0.6) is 0 Å². The predicted octanol–water partition coefficient (Wildman–Crippen LogP) is 3.48. The molecule has 0 bridgehead atoms. The number of likely N-dealkylation sites (N-methyl/N-ethyl adjacent to an activating group) is 1. The quantitative estimate of drug-likeness (QED) is 0.897. The lowest BCUT2D eigenvalue weighted by atomic mass is 9.98. The molecule has 0 amide bonds. The Balaban J connectivity index is 2.28. The fourth-order valence-corrected chi connectivity index (χ4v) is 3.39. The molecule has 0 radical (unpaired) electrons. The van der Waals surface area contributed by atoms with Crippen molar-refractivity contribution in [2.75, 3.05) is 19.8 Å². The summed E-state index contributed by atoms with van der Waals surface area (Å²) >= 11 is 12.4. The van der Waals surface area contributed by atoms with Crippen molar-refractivity contribution in [2.45, 2.75) is 25.9 Å². The van der Waals surface area contributed by atoms with Gasteiger partial charge < -0.3 is 9.84 Å². The second-order valence-electron chi connectivity index (χ2n) is 5.20. The second-order valence-corrected chi connectivity index (χ2v) is 5.98. The molecule has 1 heterocycles. The van der Waals surface area contributed by atoms with Crippen LogP contribution in [0, 0.1) is 5.92 Å². The van der Waals surface area contributed by atoms with Crippen molar-refractivity contribution in [3.63, 3.8) is 0 Å². The predicted molar refractivity (Wildman–Crippen MR) is 83.0 cm³/mol. The van der Waals surface area contributed by atoms with E-state index >= 15 is 0 Å². The second kappa shape index (κ2) is 6.97. The van der Waals surface area contributed by atoms with Crippen molar-refractivity contribution >= 4 is 29.2 Å². The van der Waals surface area contributed by atoms with Crippen LogP contribution in [0.3, 0.4) is 0 Å². The van der Waals surface area contributed by atoms with Crippen molar-refractivity contribution in [1.29, 1.82) is 0 Å². The Labute approximate surface area is 134 Å². The summed E-state index contributed by atoms with van der Waals surface area (Å²) in [6.07, 6.45) is 0. The minimum absolute atomic E-state index is 0.0326. The first-order chi connectivity index (χ1) is 9.97. The first-order valence-electron chi connectivity index (χ1n) is 6.97. The minimum atomic E-state index is -0.819. The molecule has 3 atom stereocenters. The van der Waals surface area contributed by atoms with Gasteiger partial charge in [-0.25, -0.2) is 0 Å². The maximum Gasteiger partial charge on any atom is 0.310 e. The summed E-state index contributed by atoms with van der Waals surface area (Å²) < 4.78 is 5.37. The van der Waals surface area contributed by atoms with E-state index in [-0.39, 0.29) is 18.7 Å². The number of hydrogen-bond acceptors (Lipinski definition) is 3. The van der Waals surface area contributed by atoms with Gasteiger partial charge in [-0.2, -0.15) is 0 Å². The van der Waals surface area contributed by atoms with Gasteiger partial charge in [0.25, 0.3) is 0 Å². The third-order valence-electron chi connectivity index (χ3n) is 4.09. The summed E-state index contributed by atoms with van der Waals surface area (Å²) in [5.41, 5.74) is 0.905. The highest BCUT2D eigenvalue weighted by molar-refractivity contribution is 6.42. The highest BCUT2D eigenvalue weighted by Gasteiger charge is 2.39. The summed E-state index contributed by atoms with van der Waals surface area (Å²) in [6, 6.07) is 5.34. The standard InChI is InChI=1S/C15H19Cl2NO3/c1-3-18(13-8-21-7-11(13)15(19)20)9(2)10-5-4-6-12(16)14(10)17/h4-6,9,11,13H,3,7-8H2,1-2H3,(H,19,20). The first kappa shape index (κ1) is 16.6. The molecule has 1 aliphatic rings. The highest BCUT2D eigenvalue weighted by Crippen LogP contribution is 2.35. The summed E-state index contributed by atoms with van der Waals surface area (Å²) in [5.74, 6) is -1.33. The van der Waals surface area contributed by atoms with E-state index in [9.17, 15) is 9.90 Å². The van der Waals surface area contributed by atoms with Crippen molar-refractivity contribution < 1.29 is 14.6 Å². The van der Waals surface area contributed by atoms with Gasteiger partial charge in [-0.3, -0.25) is 9.69 Å². The molecule has 0 aliphatic carbocycles. The van der Waals surface area contributed by atoms with Gasteiger partial charge in [0.15, 0.2) is 0 Å². The zero-order valence-electron chi connectivity index (χ0n) is 12.1. The number of nitrogens with zero attached hydrogens (tertiary/aromatic N) is 1. The lowest BCUT2D eigenvalue weighted by Crippen LogP contribution is -2.44. The van der Waals surface area contributed by atoms with Crippen molar-refractivity contribution in [2.24, 2.45) is 5.92 Å². The maximum absolute atomic E-state index is 11.4. The lowest BCUT2D eigenvalue weighted by Gasteiger charge is -2.35. The summed E-state index contributed by atoms with van der Waals surface area (Å²) in [4.78, 5) is 13.5. The fourth-order valence-electron chi connectivity index (χ4n) is 2.92. The molecule has 0 saturated carbocycles. The van der Waals surface area contributed by atoms with Crippen LogP contribution >= 0.6 is 23.2 Å². The molecule has 1 N–H and O–H groups in total. The first-order valence-corrected chi connectivity index (χ1v) is 7.73. The Hall–Kier alpha value is -0.810. The molecule has 21 heavy (non-hydrogen) atoms. The molecule has 1 aromatic rings. The van der Waals surface area contributed by atoms with Crippen molar-refractivity contribution in [3.05, 3.63) is 33.8 Å². The molecule has 6 heteroatoms. The van der Waals surface area contributed by atoms with Gasteiger partial charge in [0.2, 0.25) is 0 Å². The number of rotatable bonds is 5. The number of carboxylic acids is 1. The third-order valence-corrected chi connectivity index (χ3v) is 4.92. The van der Waals surface area contributed by atoms with E-state index in [1.807, 2.05) is 26.0 Å². The molecule has 1 saturated heterocycles. The number of hydrogen-bond donors (Lipinski definition) is 1. The Morgan fingerprint density at radius 1 is 1.48 bits per heavy atom. The molecular weight excluding hydrogens is 313 g/mol. The van der Waals surface area contributed by atoms with Crippen LogP contribution in [0.2, 0.25) is 10.0 Å². The van der Waals surface area contributed by atoms with E-state index in [4.69, 9.17) is 27.9 Å². The molecule has 0 spiro atoms. The smallest absolute Gasteiger partial charge is 0.310 e. The number of halogens is 2. The topological polar surface area (TPSA) is 49.8 Å². The zero-order valence-corrected chi connectivity index (χ0v) is 13.6. The maximum atomic E-state index is 11.4. The van der Waals surface area contributed by atoms with E-state index in [1.54, 1.807) is 6.07 Å². The van der Waals surface area contributed by atoms with Crippen LogP contribution in [0.15, 0.2) is 18.2 Å². The molecule has 3 unspecified atom stereocenters. The Morgan fingerprint density at radius 2 is 2.19 bits per heavy atom. The van der Waals surface area contributed by atoms with E-state index in [0.717, 1.165) is 5.56 Å². The van der Waals surface area contributed by atoms with Crippen LogP contribution in [0.4, 0.5) is 0 Å². The molecular formula is C15H19Cl2NO3. The summed E-state index contributed by atoms with van der Waals surface area (Å²) in [6.45, 7) is 5.41. The van der Waals surface area contributed by atoms with Crippen LogP contribution in [0.25, 0.3) is 0 Å². The monoisotopic (exact) mass is 331 g/mol. The van der Waals surface area contributed by atoms with Crippen molar-refractivity contribution in [3.8, 4) is 0 Å². The Kier molecular flexibility index (Phi) is 5.49. The van der Waals surface area contributed by atoms with Gasteiger partial charge in [0.1, 0.15) is 0 Å². The van der Waals surface area contributed by atoms with Crippen LogP contribution in [0.1, 0.15) is 25.5 Å². The highest BCUT2D eigenvalue weighted by atomic mass is 35.5. The van der Waals surface area contributed by atoms with Gasteiger partial charge in [-0.1, -0.05) is 42.3 Å². The van der Waals surface area contributed by atoms with Gasteiger partial charge in [-0.15, -0.1) is 0 Å². The minimum Gasteiger partial charge on any atom is -0.481 e. The number of ether oxygens (including phenoxy) is 1. The average Bonchev–Trinajstić information content (AvgIpc) is 2.92. The fraction of sp³-hybridized carbons (Fsp3) is 0.533. The molecule has 4 nitrogen and oxygen atoms in total. The Bertz CT molecular complexity index is 524. The average molecular weight is 332 g/mol. The normalized spacial score (nSPS) is 23.5. The van der Waals surface area contributed by atoms with E-state index in [1.165, 1.54) is 0 Å². The van der Waals surface area contributed by atoms with Crippen LogP contribution < -0.4 is 0 Å². The van der Waals surface area contributed by atoms with Gasteiger partial charge in [-0.05, 0) is 25.1 Å². The van der Waals surface area contributed by atoms with Crippen LogP contribution in [-0.2, 0) is 9.53 Å². The molecule has 2 rings (SSSR count). The third kappa shape index (κ3) is 3.34. The molecule has 1 aliphatic heterocycles. The van der Waals surface area contributed by atoms with E-state index in [2.05, 4.69) is 4.90 Å². The number of benzene rings is 1. The zero-order chi connectivity index (χ0) is 15.6. The molecule has 1 fully saturated rings. The lowest BCUT2D eigenvalue weighted by molar-refractivity contribution is -0.143. The Morgan fingerprint density at radius 3 is 2.81 bits per heavy atom. The number of carboxylic acid groups (broad SMARTS) is 1. The van der Waals surface area contributed by atoms with E-state index < -0.39 is 11.9 Å². The molecule has 0 aromatic heterocycles. The number of carbonyl (C=O) groups is 1. The van der Waals surface area contributed by atoms with Crippen LogP contribution in [-0.4, -0.2) is 41.8 Å². The largest absolute Gasteiger partial charge is 0.481 e. The van der Waals surface area contributed by atoms with Crippen molar-refractivity contribution in [1.82, 2.24) is 4.90 Å². The van der Waals surface area contributed by atoms with E-state index in [0.29, 0.717) is 23.2 Å². The SMILES string of the molecule is CCN(C(C)c1cccc(Cl)c1Cl)C1COCC1C(=O)O.